The third kappa shape index (κ3) is 2.21. The molecule has 0 aromatic heterocycles. The molecular formula is C19H25N3O2. The number of nitrogens with one attached hydrogen (secondary N) is 2. The van der Waals surface area contributed by atoms with Crippen LogP contribution in [0.25, 0.3) is 0 Å². The van der Waals surface area contributed by atoms with Crippen LogP contribution in [0.3, 0.4) is 0 Å². The summed E-state index contributed by atoms with van der Waals surface area (Å²) in [7, 11) is 0. The van der Waals surface area contributed by atoms with Gasteiger partial charge in [-0.15, -0.1) is 0 Å². The molecule has 0 spiro atoms. The highest BCUT2D eigenvalue weighted by atomic mass is 16.3. The third-order valence-corrected chi connectivity index (χ3v) is 6.62. The molecule has 0 saturated heterocycles. The van der Waals surface area contributed by atoms with Gasteiger partial charge in [-0.2, -0.15) is 0 Å². The van der Waals surface area contributed by atoms with Crippen LogP contribution in [0.2, 0.25) is 0 Å². The van der Waals surface area contributed by atoms with Crippen molar-refractivity contribution in [3.63, 3.8) is 0 Å². The van der Waals surface area contributed by atoms with Crippen molar-refractivity contribution in [3.05, 3.63) is 24.3 Å². The average molecular weight is 327 g/mol. The van der Waals surface area contributed by atoms with Crippen molar-refractivity contribution >= 4 is 17.4 Å². The molecule has 1 heterocycles. The summed E-state index contributed by atoms with van der Waals surface area (Å²) in [6.45, 7) is 1.47. The first-order chi connectivity index (χ1) is 11.6. The molecule has 4 fully saturated rings. The molecule has 3 N–H and O–H groups in total. The van der Waals surface area contributed by atoms with Crippen LogP contribution in [0.1, 0.15) is 32.1 Å². The number of hydrogen-bond donors (Lipinski definition) is 3. The van der Waals surface area contributed by atoms with Crippen LogP contribution in [0.4, 0.5) is 16.2 Å². The summed E-state index contributed by atoms with van der Waals surface area (Å²) < 4.78 is 0. The second-order valence-electron chi connectivity index (χ2n) is 8.27. The number of para-hydroxylation sites is 2. The number of hydrogen-bond acceptors (Lipinski definition) is 3. The molecular weight excluding hydrogens is 302 g/mol. The first-order valence-corrected chi connectivity index (χ1v) is 9.25. The molecule has 0 radical (unpaired) electrons. The highest BCUT2D eigenvalue weighted by Crippen LogP contribution is 2.55. The molecule has 4 aliphatic carbocycles. The van der Waals surface area contributed by atoms with Crippen LogP contribution < -0.4 is 15.5 Å². The maximum Gasteiger partial charge on any atom is 0.322 e. The van der Waals surface area contributed by atoms with E-state index in [9.17, 15) is 9.90 Å². The predicted octanol–water partition coefficient (Wildman–Crippen LogP) is 2.57. The van der Waals surface area contributed by atoms with Crippen molar-refractivity contribution in [3.8, 4) is 0 Å². The molecule has 2 amide bonds. The number of carbonyl (C=O) groups is 1. The maximum atomic E-state index is 13.0. The van der Waals surface area contributed by atoms with Gasteiger partial charge in [0.15, 0.2) is 0 Å². The molecule has 2 unspecified atom stereocenters. The Hall–Kier alpha value is -1.75. The lowest BCUT2D eigenvalue weighted by molar-refractivity contribution is -0.136. The molecule has 2 atom stereocenters. The minimum Gasteiger partial charge on any atom is -0.390 e. The Morgan fingerprint density at radius 2 is 1.96 bits per heavy atom. The fourth-order valence-electron chi connectivity index (χ4n) is 5.93. The van der Waals surface area contributed by atoms with Crippen molar-refractivity contribution in [1.82, 2.24) is 5.32 Å². The second-order valence-corrected chi connectivity index (χ2v) is 8.27. The highest BCUT2D eigenvalue weighted by molar-refractivity contribution is 5.96. The van der Waals surface area contributed by atoms with E-state index in [0.717, 1.165) is 37.2 Å². The smallest absolute Gasteiger partial charge is 0.322 e. The molecule has 5 heteroatoms. The summed E-state index contributed by atoms with van der Waals surface area (Å²) in [5.74, 6) is 1.56. The van der Waals surface area contributed by atoms with E-state index in [1.54, 1.807) is 0 Å². The molecule has 1 aliphatic heterocycles. The number of anilines is 2. The molecule has 4 bridgehead atoms. The highest BCUT2D eigenvalue weighted by Gasteiger charge is 2.55. The zero-order chi connectivity index (χ0) is 16.3. The monoisotopic (exact) mass is 327 g/mol. The quantitative estimate of drug-likeness (QED) is 0.743. The van der Waals surface area contributed by atoms with Crippen LogP contribution >= 0.6 is 0 Å². The molecule has 128 valence electrons. The molecule has 5 aliphatic rings. The predicted molar refractivity (Wildman–Crippen MR) is 93.1 cm³/mol. The van der Waals surface area contributed by atoms with Gasteiger partial charge in [0.05, 0.1) is 17.0 Å². The SMILES string of the molecule is O=C(NC1C2CC3CC1CC(O)(C3)C2)N1CCNc2ccccc21. The van der Waals surface area contributed by atoms with E-state index >= 15 is 0 Å². The van der Waals surface area contributed by atoms with Gasteiger partial charge in [-0.05, 0) is 62.0 Å². The Bertz CT molecular complexity index is 660. The number of urea groups is 1. The van der Waals surface area contributed by atoms with E-state index in [4.69, 9.17) is 0 Å². The van der Waals surface area contributed by atoms with Gasteiger partial charge in [-0.1, -0.05) is 12.1 Å². The van der Waals surface area contributed by atoms with E-state index in [1.165, 1.54) is 12.8 Å². The fourth-order valence-corrected chi connectivity index (χ4v) is 5.93. The zero-order valence-electron chi connectivity index (χ0n) is 13.9. The van der Waals surface area contributed by atoms with Crippen LogP contribution in [0.15, 0.2) is 24.3 Å². The molecule has 5 nitrogen and oxygen atoms in total. The topological polar surface area (TPSA) is 64.6 Å². The summed E-state index contributed by atoms with van der Waals surface area (Å²) in [6, 6.07) is 8.24. The first-order valence-electron chi connectivity index (χ1n) is 9.25. The van der Waals surface area contributed by atoms with E-state index < -0.39 is 5.60 Å². The summed E-state index contributed by atoms with van der Waals surface area (Å²) in [5.41, 5.74) is 1.54. The Morgan fingerprint density at radius 1 is 1.21 bits per heavy atom. The number of amides is 2. The maximum absolute atomic E-state index is 13.0. The van der Waals surface area contributed by atoms with Gasteiger partial charge in [0.2, 0.25) is 0 Å². The largest absolute Gasteiger partial charge is 0.390 e. The molecule has 1 aromatic carbocycles. The van der Waals surface area contributed by atoms with Crippen molar-refractivity contribution < 1.29 is 9.90 Å². The van der Waals surface area contributed by atoms with Gasteiger partial charge >= 0.3 is 6.03 Å². The fraction of sp³-hybridized carbons (Fsp3) is 0.632. The van der Waals surface area contributed by atoms with Crippen LogP contribution in [0.5, 0.6) is 0 Å². The van der Waals surface area contributed by atoms with E-state index in [1.807, 2.05) is 29.2 Å². The lowest BCUT2D eigenvalue weighted by Crippen LogP contribution is -2.63. The number of fused-ring (bicyclic) bond motifs is 1. The summed E-state index contributed by atoms with van der Waals surface area (Å²) in [6.07, 6.45) is 5.04. The van der Waals surface area contributed by atoms with E-state index in [2.05, 4.69) is 10.6 Å². The van der Waals surface area contributed by atoms with Gasteiger partial charge < -0.3 is 15.7 Å². The Morgan fingerprint density at radius 3 is 2.71 bits per heavy atom. The number of benzene rings is 1. The third-order valence-electron chi connectivity index (χ3n) is 6.62. The van der Waals surface area contributed by atoms with Crippen molar-refractivity contribution in [2.24, 2.45) is 17.8 Å². The second kappa shape index (κ2) is 5.12. The minimum absolute atomic E-state index is 0.0217. The summed E-state index contributed by atoms with van der Waals surface area (Å²) in [4.78, 5) is 14.8. The lowest BCUT2D eigenvalue weighted by Gasteiger charge is -2.58. The summed E-state index contributed by atoms with van der Waals surface area (Å²) in [5, 5.41) is 17.4. The van der Waals surface area contributed by atoms with Crippen LogP contribution in [-0.4, -0.2) is 35.9 Å². The van der Waals surface area contributed by atoms with Gasteiger partial charge in [0.25, 0.3) is 0 Å². The van der Waals surface area contributed by atoms with E-state index in [-0.39, 0.29) is 12.1 Å². The molecule has 1 aromatic rings. The molecule has 24 heavy (non-hydrogen) atoms. The van der Waals surface area contributed by atoms with Gasteiger partial charge in [-0.3, -0.25) is 4.90 Å². The standard InChI is InChI=1S/C19H25N3O2/c23-18(22-6-5-20-15-3-1-2-4-16(15)22)21-17-13-7-12-8-14(17)11-19(24,9-12)10-13/h1-4,12-14,17,20,24H,5-11H2,(H,21,23). The zero-order valence-corrected chi connectivity index (χ0v) is 13.9. The first kappa shape index (κ1) is 14.6. The number of rotatable bonds is 1. The Labute approximate surface area is 142 Å². The lowest BCUT2D eigenvalue weighted by atomic mass is 9.52. The van der Waals surface area contributed by atoms with Crippen molar-refractivity contribution in [2.75, 3.05) is 23.3 Å². The Balaban J connectivity index is 1.35. The summed E-state index contributed by atoms with van der Waals surface area (Å²) >= 11 is 0. The average Bonchev–Trinajstić information content (AvgIpc) is 2.56. The van der Waals surface area contributed by atoms with Gasteiger partial charge in [-0.25, -0.2) is 4.79 Å². The number of aliphatic hydroxyl groups is 1. The Kier molecular flexibility index (Phi) is 3.11. The van der Waals surface area contributed by atoms with E-state index in [0.29, 0.717) is 24.3 Å². The normalized spacial score (nSPS) is 39.3. The van der Waals surface area contributed by atoms with Gasteiger partial charge in [0, 0.05) is 19.1 Å². The minimum atomic E-state index is -0.445. The van der Waals surface area contributed by atoms with Crippen molar-refractivity contribution in [2.45, 2.75) is 43.7 Å². The van der Waals surface area contributed by atoms with Crippen LogP contribution in [-0.2, 0) is 0 Å². The van der Waals surface area contributed by atoms with Gasteiger partial charge in [0.1, 0.15) is 0 Å². The molecule has 6 rings (SSSR count). The van der Waals surface area contributed by atoms with Crippen LogP contribution in [0, 0.1) is 17.8 Å². The number of nitrogens with zero attached hydrogens (tertiary/aromatic N) is 1. The molecule has 4 saturated carbocycles. The number of carbonyl (C=O) groups excluding carboxylic acids is 1. The van der Waals surface area contributed by atoms with Crippen molar-refractivity contribution in [1.29, 1.82) is 0 Å².